The number of nitrogen functional groups attached to an aromatic ring is 1. The first-order valence-corrected chi connectivity index (χ1v) is 6.72. The standard InChI is InChI=1S/C14H14N2O2S/c1-9-4-2-3-5-10(9)8-19-13-6-11(14(17)18)12(15)7-16-13/h2-7H,8,15H2,1H3,(H,17,18). The molecule has 5 heteroatoms. The van der Waals surface area contributed by atoms with E-state index in [0.29, 0.717) is 5.03 Å². The van der Waals surface area contributed by atoms with Gasteiger partial charge in [0.2, 0.25) is 0 Å². The Balaban J connectivity index is 2.14. The zero-order valence-electron chi connectivity index (χ0n) is 10.5. The fraction of sp³-hybridized carbons (Fsp3) is 0.143. The normalized spacial score (nSPS) is 10.4. The minimum Gasteiger partial charge on any atom is -0.478 e. The molecular weight excluding hydrogens is 260 g/mol. The van der Waals surface area contributed by atoms with Gasteiger partial charge in [-0.05, 0) is 24.1 Å². The highest BCUT2D eigenvalue weighted by atomic mass is 32.2. The molecule has 0 atom stereocenters. The predicted octanol–water partition coefficient (Wildman–Crippen LogP) is 2.96. The van der Waals surface area contributed by atoms with Crippen molar-refractivity contribution in [2.24, 2.45) is 0 Å². The van der Waals surface area contributed by atoms with Crippen LogP contribution < -0.4 is 5.73 Å². The first-order chi connectivity index (χ1) is 9.08. The number of carboxylic acid groups (broad SMARTS) is 1. The minimum absolute atomic E-state index is 0.0993. The van der Waals surface area contributed by atoms with Crippen LogP contribution in [0.25, 0.3) is 0 Å². The van der Waals surface area contributed by atoms with E-state index in [0.717, 1.165) is 5.75 Å². The van der Waals surface area contributed by atoms with Gasteiger partial charge in [0.15, 0.2) is 0 Å². The van der Waals surface area contributed by atoms with Gasteiger partial charge in [-0.2, -0.15) is 0 Å². The highest BCUT2D eigenvalue weighted by Crippen LogP contribution is 2.25. The van der Waals surface area contributed by atoms with Crippen LogP contribution in [0.5, 0.6) is 0 Å². The zero-order chi connectivity index (χ0) is 13.8. The van der Waals surface area contributed by atoms with Gasteiger partial charge in [-0.25, -0.2) is 9.78 Å². The first kappa shape index (κ1) is 13.4. The number of carbonyl (C=O) groups is 1. The molecule has 0 amide bonds. The van der Waals surface area contributed by atoms with E-state index in [9.17, 15) is 4.79 Å². The molecular formula is C14H14N2O2S. The maximum Gasteiger partial charge on any atom is 0.337 e. The van der Waals surface area contributed by atoms with Crippen LogP contribution in [0.1, 0.15) is 21.5 Å². The van der Waals surface area contributed by atoms with Crippen LogP contribution in [0.3, 0.4) is 0 Å². The number of carboxylic acids is 1. The smallest absolute Gasteiger partial charge is 0.337 e. The lowest BCUT2D eigenvalue weighted by Gasteiger charge is -2.06. The SMILES string of the molecule is Cc1ccccc1CSc1cc(C(=O)O)c(N)cn1. The number of hydrogen-bond donors (Lipinski definition) is 2. The maximum absolute atomic E-state index is 11.0. The number of thioether (sulfide) groups is 1. The first-order valence-electron chi connectivity index (χ1n) is 5.74. The molecule has 0 unspecified atom stereocenters. The number of benzene rings is 1. The van der Waals surface area contributed by atoms with Gasteiger partial charge in [-0.1, -0.05) is 24.3 Å². The molecule has 19 heavy (non-hydrogen) atoms. The van der Waals surface area contributed by atoms with Crippen LogP contribution >= 0.6 is 11.8 Å². The summed E-state index contributed by atoms with van der Waals surface area (Å²) in [5.74, 6) is -0.277. The topological polar surface area (TPSA) is 76.2 Å². The second-order valence-corrected chi connectivity index (χ2v) is 5.13. The monoisotopic (exact) mass is 274 g/mol. The number of pyridine rings is 1. The third-order valence-corrected chi connectivity index (χ3v) is 3.75. The molecule has 0 saturated heterocycles. The molecule has 0 fully saturated rings. The number of nitrogens with two attached hydrogens (primary N) is 1. The summed E-state index contributed by atoms with van der Waals surface area (Å²) >= 11 is 1.50. The van der Waals surface area contributed by atoms with Gasteiger partial charge in [0.25, 0.3) is 0 Å². The number of rotatable bonds is 4. The van der Waals surface area contributed by atoms with E-state index in [1.54, 1.807) is 0 Å². The van der Waals surface area contributed by atoms with E-state index in [4.69, 9.17) is 10.8 Å². The quantitative estimate of drug-likeness (QED) is 0.838. The summed E-state index contributed by atoms with van der Waals surface area (Å²) in [6, 6.07) is 9.60. The van der Waals surface area contributed by atoms with Crippen LogP contribution in [0.2, 0.25) is 0 Å². The van der Waals surface area contributed by atoms with Crippen molar-refractivity contribution in [2.75, 3.05) is 5.73 Å². The number of aryl methyl sites for hydroxylation is 1. The Labute approximate surface area is 115 Å². The van der Waals surface area contributed by atoms with Gasteiger partial charge in [0.05, 0.1) is 22.5 Å². The fourth-order valence-corrected chi connectivity index (χ4v) is 2.59. The van der Waals surface area contributed by atoms with Crippen molar-refractivity contribution < 1.29 is 9.90 Å². The van der Waals surface area contributed by atoms with Gasteiger partial charge in [-0.3, -0.25) is 0 Å². The minimum atomic E-state index is -1.03. The van der Waals surface area contributed by atoms with E-state index in [-0.39, 0.29) is 11.3 Å². The van der Waals surface area contributed by atoms with E-state index < -0.39 is 5.97 Å². The molecule has 1 heterocycles. The van der Waals surface area contributed by atoms with Gasteiger partial charge in [-0.15, -0.1) is 11.8 Å². The van der Waals surface area contributed by atoms with Gasteiger partial charge in [0.1, 0.15) is 0 Å². The highest BCUT2D eigenvalue weighted by molar-refractivity contribution is 7.98. The number of nitrogens with zero attached hydrogens (tertiary/aromatic N) is 1. The van der Waals surface area contributed by atoms with Crippen LogP contribution in [0.4, 0.5) is 5.69 Å². The summed E-state index contributed by atoms with van der Waals surface area (Å²) in [6.07, 6.45) is 1.39. The highest BCUT2D eigenvalue weighted by Gasteiger charge is 2.10. The number of anilines is 1. The molecule has 98 valence electrons. The summed E-state index contributed by atoms with van der Waals surface area (Å²) in [5, 5.41) is 9.66. The molecule has 0 saturated carbocycles. The summed E-state index contributed by atoms with van der Waals surface area (Å²) < 4.78 is 0. The van der Waals surface area contributed by atoms with E-state index in [2.05, 4.69) is 24.0 Å². The molecule has 0 aliphatic carbocycles. The average Bonchev–Trinajstić information content (AvgIpc) is 2.39. The van der Waals surface area contributed by atoms with Crippen molar-refractivity contribution in [2.45, 2.75) is 17.7 Å². The molecule has 1 aromatic carbocycles. The Morgan fingerprint density at radius 2 is 2.16 bits per heavy atom. The summed E-state index contributed by atoms with van der Waals surface area (Å²) in [5.41, 5.74) is 8.28. The number of hydrogen-bond acceptors (Lipinski definition) is 4. The van der Waals surface area contributed by atoms with Gasteiger partial charge in [0, 0.05) is 5.75 Å². The third-order valence-electron chi connectivity index (χ3n) is 2.78. The number of aromatic nitrogens is 1. The molecule has 2 rings (SSSR count). The molecule has 3 N–H and O–H groups in total. The predicted molar refractivity (Wildman–Crippen MR) is 76.3 cm³/mol. The lowest BCUT2D eigenvalue weighted by atomic mass is 10.1. The van der Waals surface area contributed by atoms with Crippen molar-refractivity contribution in [3.63, 3.8) is 0 Å². The summed E-state index contributed by atoms with van der Waals surface area (Å²) in [7, 11) is 0. The van der Waals surface area contributed by atoms with Crippen molar-refractivity contribution in [3.8, 4) is 0 Å². The Hall–Kier alpha value is -2.01. The van der Waals surface area contributed by atoms with Crippen molar-refractivity contribution in [3.05, 3.63) is 53.2 Å². The lowest BCUT2D eigenvalue weighted by molar-refractivity contribution is 0.0697. The Kier molecular flexibility index (Phi) is 4.06. The van der Waals surface area contributed by atoms with Crippen molar-refractivity contribution in [1.82, 2.24) is 4.98 Å². The molecule has 0 bridgehead atoms. The fourth-order valence-electron chi connectivity index (χ4n) is 1.63. The second-order valence-electron chi connectivity index (χ2n) is 4.13. The summed E-state index contributed by atoms with van der Waals surface area (Å²) in [4.78, 5) is 15.1. The Bertz CT molecular complexity index is 614. The van der Waals surface area contributed by atoms with Gasteiger partial charge >= 0.3 is 5.97 Å². The Morgan fingerprint density at radius 1 is 1.42 bits per heavy atom. The molecule has 0 radical (unpaired) electrons. The van der Waals surface area contributed by atoms with E-state index >= 15 is 0 Å². The third kappa shape index (κ3) is 3.26. The second kappa shape index (κ2) is 5.75. The lowest BCUT2D eigenvalue weighted by Crippen LogP contribution is -2.03. The van der Waals surface area contributed by atoms with Crippen LogP contribution in [-0.2, 0) is 5.75 Å². The molecule has 0 aliphatic rings. The van der Waals surface area contributed by atoms with Crippen molar-refractivity contribution in [1.29, 1.82) is 0 Å². The molecule has 4 nitrogen and oxygen atoms in total. The maximum atomic E-state index is 11.0. The molecule has 2 aromatic rings. The van der Waals surface area contributed by atoms with Crippen LogP contribution in [0.15, 0.2) is 41.6 Å². The Morgan fingerprint density at radius 3 is 2.84 bits per heavy atom. The largest absolute Gasteiger partial charge is 0.478 e. The average molecular weight is 274 g/mol. The van der Waals surface area contributed by atoms with Crippen LogP contribution in [0, 0.1) is 6.92 Å². The molecule has 0 aliphatic heterocycles. The van der Waals surface area contributed by atoms with E-state index in [1.807, 2.05) is 12.1 Å². The van der Waals surface area contributed by atoms with Gasteiger partial charge < -0.3 is 10.8 Å². The van der Waals surface area contributed by atoms with E-state index in [1.165, 1.54) is 35.2 Å². The van der Waals surface area contributed by atoms with Crippen LogP contribution in [-0.4, -0.2) is 16.1 Å². The molecule has 0 spiro atoms. The molecule has 1 aromatic heterocycles. The van der Waals surface area contributed by atoms with Crippen molar-refractivity contribution >= 4 is 23.4 Å². The zero-order valence-corrected chi connectivity index (χ0v) is 11.3. The summed E-state index contributed by atoms with van der Waals surface area (Å²) in [6.45, 7) is 2.05. The number of aromatic carboxylic acids is 1.